The normalized spacial score (nSPS) is 18.5. The van der Waals surface area contributed by atoms with Crippen molar-refractivity contribution < 1.29 is 9.59 Å². The van der Waals surface area contributed by atoms with Crippen LogP contribution < -0.4 is 10.6 Å². The number of nitrogens with one attached hydrogen (secondary N) is 2. The lowest BCUT2D eigenvalue weighted by Gasteiger charge is -2.32. The molecule has 2 N–H and O–H groups in total. The number of rotatable bonds is 5. The number of amides is 2. The third-order valence-electron chi connectivity index (χ3n) is 4.28. The zero-order valence-corrected chi connectivity index (χ0v) is 14.4. The molecule has 1 aliphatic heterocycles. The minimum atomic E-state index is -0.254. The summed E-state index contributed by atoms with van der Waals surface area (Å²) < 4.78 is 0. The van der Waals surface area contributed by atoms with Crippen LogP contribution in [0, 0.1) is 6.92 Å². The van der Waals surface area contributed by atoms with Crippen molar-refractivity contribution >= 4 is 29.1 Å². The molecule has 0 unspecified atom stereocenters. The van der Waals surface area contributed by atoms with Crippen LogP contribution in [0.25, 0.3) is 0 Å². The summed E-state index contributed by atoms with van der Waals surface area (Å²) in [6.45, 7) is 5.25. The third kappa shape index (κ3) is 5.22. The maximum Gasteiger partial charge on any atom is 0.243 e. The van der Waals surface area contributed by atoms with E-state index in [1.165, 1.54) is 6.42 Å². The predicted octanol–water partition coefficient (Wildman–Crippen LogP) is 2.58. The number of hydrogen-bond acceptors (Lipinski definition) is 3. The number of likely N-dealkylation sites (tertiary alicyclic amines) is 1. The zero-order valence-electron chi connectivity index (χ0n) is 13.7. The first-order chi connectivity index (χ1) is 11.0. The highest BCUT2D eigenvalue weighted by Crippen LogP contribution is 2.22. The minimum absolute atomic E-state index is 0.0347. The molecule has 1 fully saturated rings. The van der Waals surface area contributed by atoms with E-state index < -0.39 is 0 Å². The largest absolute Gasteiger partial charge is 0.346 e. The quantitative estimate of drug-likeness (QED) is 0.868. The highest BCUT2D eigenvalue weighted by molar-refractivity contribution is 6.31. The highest BCUT2D eigenvalue weighted by Gasteiger charge is 2.20. The second kappa shape index (κ2) is 8.31. The van der Waals surface area contributed by atoms with Gasteiger partial charge in [0.2, 0.25) is 11.8 Å². The number of piperidine rings is 1. The number of hydrogen-bond donors (Lipinski definition) is 2. The van der Waals surface area contributed by atoms with E-state index in [2.05, 4.69) is 22.5 Å². The molecule has 1 aromatic rings. The van der Waals surface area contributed by atoms with Crippen molar-refractivity contribution in [3.63, 3.8) is 0 Å². The lowest BCUT2D eigenvalue weighted by molar-refractivity contribution is -0.125. The van der Waals surface area contributed by atoms with Crippen molar-refractivity contribution in [2.45, 2.75) is 39.2 Å². The molecule has 1 aromatic carbocycles. The van der Waals surface area contributed by atoms with Crippen LogP contribution in [-0.2, 0) is 9.59 Å². The molecule has 23 heavy (non-hydrogen) atoms. The van der Waals surface area contributed by atoms with Gasteiger partial charge in [-0.25, -0.2) is 0 Å². The van der Waals surface area contributed by atoms with Crippen molar-refractivity contribution in [1.82, 2.24) is 10.2 Å². The average molecular weight is 338 g/mol. The standard InChI is InChI=1S/C17H24ClN3O2/c1-12-6-3-4-9-21(12)11-17(23)19-10-16(22)20-15-8-5-7-14(18)13(15)2/h5,7-8,12H,3-4,6,9-11H2,1-2H3,(H,19,23)(H,20,22)/t12-/m1/s1. The van der Waals surface area contributed by atoms with Crippen molar-refractivity contribution in [1.29, 1.82) is 0 Å². The van der Waals surface area contributed by atoms with Gasteiger partial charge in [-0.1, -0.05) is 24.1 Å². The molecule has 0 saturated carbocycles. The summed E-state index contributed by atoms with van der Waals surface area (Å²) >= 11 is 6.02. The fourth-order valence-electron chi connectivity index (χ4n) is 2.75. The summed E-state index contributed by atoms with van der Waals surface area (Å²) in [4.78, 5) is 26.1. The van der Waals surface area contributed by atoms with Crippen LogP contribution in [0.5, 0.6) is 0 Å². The van der Waals surface area contributed by atoms with E-state index in [1.54, 1.807) is 18.2 Å². The second-order valence-electron chi connectivity index (χ2n) is 6.05. The fourth-order valence-corrected chi connectivity index (χ4v) is 2.92. The van der Waals surface area contributed by atoms with E-state index in [4.69, 9.17) is 11.6 Å². The fraction of sp³-hybridized carbons (Fsp3) is 0.529. The van der Waals surface area contributed by atoms with Gasteiger partial charge in [-0.05, 0) is 50.9 Å². The van der Waals surface area contributed by atoms with Gasteiger partial charge in [-0.2, -0.15) is 0 Å². The van der Waals surface area contributed by atoms with E-state index in [-0.39, 0.29) is 18.4 Å². The SMILES string of the molecule is Cc1c(Cl)cccc1NC(=O)CNC(=O)CN1CCCC[C@H]1C. The van der Waals surface area contributed by atoms with Crippen molar-refractivity contribution in [3.05, 3.63) is 28.8 Å². The van der Waals surface area contributed by atoms with E-state index in [0.717, 1.165) is 24.9 Å². The van der Waals surface area contributed by atoms with E-state index in [9.17, 15) is 9.59 Å². The number of carbonyl (C=O) groups excluding carboxylic acids is 2. The predicted molar refractivity (Wildman–Crippen MR) is 92.7 cm³/mol. The molecule has 0 radical (unpaired) electrons. The van der Waals surface area contributed by atoms with Gasteiger partial charge in [0.05, 0.1) is 13.1 Å². The lowest BCUT2D eigenvalue weighted by Crippen LogP contribution is -2.45. The summed E-state index contributed by atoms with van der Waals surface area (Å²) in [6.07, 6.45) is 3.48. The van der Waals surface area contributed by atoms with Gasteiger partial charge < -0.3 is 10.6 Å². The lowest BCUT2D eigenvalue weighted by atomic mass is 10.0. The first kappa shape index (κ1) is 17.8. The summed E-state index contributed by atoms with van der Waals surface area (Å²) in [5, 5.41) is 6.05. The molecule has 6 heteroatoms. The molecular formula is C17H24ClN3O2. The molecule has 2 rings (SSSR count). The highest BCUT2D eigenvalue weighted by atomic mass is 35.5. The summed E-state index contributed by atoms with van der Waals surface area (Å²) in [6, 6.07) is 5.77. The van der Waals surface area contributed by atoms with Crippen molar-refractivity contribution in [3.8, 4) is 0 Å². The van der Waals surface area contributed by atoms with Crippen LogP contribution in [-0.4, -0.2) is 42.4 Å². The van der Waals surface area contributed by atoms with Gasteiger partial charge >= 0.3 is 0 Å². The van der Waals surface area contributed by atoms with Gasteiger partial charge in [-0.3, -0.25) is 14.5 Å². The first-order valence-electron chi connectivity index (χ1n) is 8.03. The molecule has 5 nitrogen and oxygen atoms in total. The molecule has 126 valence electrons. The summed E-state index contributed by atoms with van der Waals surface area (Å²) in [5.74, 6) is -0.368. The Morgan fingerprint density at radius 3 is 2.83 bits per heavy atom. The van der Waals surface area contributed by atoms with Gasteiger partial charge in [0.15, 0.2) is 0 Å². The average Bonchev–Trinajstić information content (AvgIpc) is 2.52. The number of carbonyl (C=O) groups is 2. The Kier molecular flexibility index (Phi) is 6.42. The number of anilines is 1. The van der Waals surface area contributed by atoms with Crippen molar-refractivity contribution in [2.24, 2.45) is 0 Å². The molecule has 1 saturated heterocycles. The molecule has 0 bridgehead atoms. The summed E-state index contributed by atoms with van der Waals surface area (Å²) in [7, 11) is 0. The maximum absolute atomic E-state index is 12.0. The molecule has 2 amide bonds. The van der Waals surface area contributed by atoms with Gasteiger partial charge in [0, 0.05) is 16.8 Å². The Labute approximate surface area is 142 Å². The zero-order chi connectivity index (χ0) is 16.8. The Morgan fingerprint density at radius 1 is 1.30 bits per heavy atom. The molecular weight excluding hydrogens is 314 g/mol. The Morgan fingerprint density at radius 2 is 2.09 bits per heavy atom. The number of halogens is 1. The van der Waals surface area contributed by atoms with Gasteiger partial charge in [0.1, 0.15) is 0 Å². The van der Waals surface area contributed by atoms with Crippen LogP contribution in [0.15, 0.2) is 18.2 Å². The Balaban J connectivity index is 1.77. The number of benzene rings is 1. The molecule has 1 atom stereocenters. The Hall–Kier alpha value is -1.59. The molecule has 0 aliphatic carbocycles. The van der Waals surface area contributed by atoms with Crippen LogP contribution >= 0.6 is 11.6 Å². The molecule has 1 heterocycles. The summed E-state index contributed by atoms with van der Waals surface area (Å²) in [5.41, 5.74) is 1.48. The number of nitrogens with zero attached hydrogens (tertiary/aromatic N) is 1. The van der Waals surface area contributed by atoms with Gasteiger partial charge in [0.25, 0.3) is 0 Å². The third-order valence-corrected chi connectivity index (χ3v) is 4.68. The smallest absolute Gasteiger partial charge is 0.243 e. The van der Waals surface area contributed by atoms with E-state index in [1.807, 2.05) is 6.92 Å². The van der Waals surface area contributed by atoms with Crippen molar-refractivity contribution in [2.75, 3.05) is 25.0 Å². The first-order valence-corrected chi connectivity index (χ1v) is 8.41. The monoisotopic (exact) mass is 337 g/mol. The molecule has 1 aliphatic rings. The minimum Gasteiger partial charge on any atom is -0.346 e. The van der Waals surface area contributed by atoms with Crippen LogP contribution in [0.2, 0.25) is 5.02 Å². The van der Waals surface area contributed by atoms with E-state index in [0.29, 0.717) is 23.3 Å². The maximum atomic E-state index is 12.0. The van der Waals surface area contributed by atoms with Crippen LogP contribution in [0.4, 0.5) is 5.69 Å². The topological polar surface area (TPSA) is 61.4 Å². The molecule has 0 aromatic heterocycles. The van der Waals surface area contributed by atoms with Crippen LogP contribution in [0.3, 0.4) is 0 Å². The van der Waals surface area contributed by atoms with E-state index >= 15 is 0 Å². The molecule has 0 spiro atoms. The Bertz CT molecular complexity index is 577. The second-order valence-corrected chi connectivity index (χ2v) is 6.46. The van der Waals surface area contributed by atoms with Crippen LogP contribution in [0.1, 0.15) is 31.7 Å². The van der Waals surface area contributed by atoms with Gasteiger partial charge in [-0.15, -0.1) is 0 Å².